The van der Waals surface area contributed by atoms with Crippen LogP contribution in [0.5, 0.6) is 11.5 Å². The molecule has 0 spiro atoms. The summed E-state index contributed by atoms with van der Waals surface area (Å²) in [6.07, 6.45) is 0.520. The number of aromatic nitrogens is 3. The fourth-order valence-electron chi connectivity index (χ4n) is 4.30. The molecule has 0 radical (unpaired) electrons. The van der Waals surface area contributed by atoms with E-state index in [0.29, 0.717) is 29.0 Å². The molecular formula is C28H28N4O3S. The van der Waals surface area contributed by atoms with E-state index in [1.807, 2.05) is 77.1 Å². The fourth-order valence-corrected chi connectivity index (χ4v) is 5.16. The highest BCUT2D eigenvalue weighted by Crippen LogP contribution is 2.29. The molecule has 1 aliphatic rings. The SMILES string of the molecule is COc1ccc(OC(C)c2nnc(SCC(=O)N3CCc4ccccc4C3)n2-c2ccccc2)cc1. The molecule has 2 heterocycles. The lowest BCUT2D eigenvalue weighted by Gasteiger charge is -2.28. The predicted octanol–water partition coefficient (Wildman–Crippen LogP) is 5.09. The Morgan fingerprint density at radius 3 is 2.39 bits per heavy atom. The zero-order valence-corrected chi connectivity index (χ0v) is 21.1. The van der Waals surface area contributed by atoms with Gasteiger partial charge < -0.3 is 14.4 Å². The van der Waals surface area contributed by atoms with E-state index in [2.05, 4.69) is 28.4 Å². The number of methoxy groups -OCH3 is 1. The van der Waals surface area contributed by atoms with Crippen LogP contribution in [-0.2, 0) is 17.8 Å². The first kappa shape index (κ1) is 23.9. The molecule has 0 fully saturated rings. The van der Waals surface area contributed by atoms with E-state index in [-0.39, 0.29) is 12.0 Å². The molecule has 5 rings (SSSR count). The van der Waals surface area contributed by atoms with Crippen molar-refractivity contribution in [3.8, 4) is 17.2 Å². The number of benzene rings is 3. The van der Waals surface area contributed by atoms with Crippen molar-refractivity contribution >= 4 is 17.7 Å². The first-order valence-electron chi connectivity index (χ1n) is 11.9. The number of carbonyl (C=O) groups excluding carboxylic acids is 1. The number of hydrogen-bond donors (Lipinski definition) is 0. The van der Waals surface area contributed by atoms with E-state index >= 15 is 0 Å². The van der Waals surface area contributed by atoms with Gasteiger partial charge in [-0.3, -0.25) is 9.36 Å². The average molecular weight is 501 g/mol. The number of rotatable bonds is 8. The zero-order valence-electron chi connectivity index (χ0n) is 20.3. The summed E-state index contributed by atoms with van der Waals surface area (Å²) < 4.78 is 13.4. The van der Waals surface area contributed by atoms with Gasteiger partial charge in [0, 0.05) is 18.8 Å². The second-order valence-electron chi connectivity index (χ2n) is 8.57. The molecule has 0 saturated carbocycles. The van der Waals surface area contributed by atoms with Gasteiger partial charge in [-0.15, -0.1) is 10.2 Å². The minimum Gasteiger partial charge on any atom is -0.497 e. The third-order valence-electron chi connectivity index (χ3n) is 6.22. The number of para-hydroxylation sites is 1. The molecule has 1 aliphatic heterocycles. The van der Waals surface area contributed by atoms with Crippen molar-refractivity contribution in [1.82, 2.24) is 19.7 Å². The van der Waals surface area contributed by atoms with Crippen LogP contribution < -0.4 is 9.47 Å². The zero-order chi connectivity index (χ0) is 24.9. The quantitative estimate of drug-likeness (QED) is 0.314. The van der Waals surface area contributed by atoms with Gasteiger partial charge in [-0.2, -0.15) is 0 Å². The molecular weight excluding hydrogens is 472 g/mol. The molecule has 3 aromatic carbocycles. The third-order valence-corrected chi connectivity index (χ3v) is 7.13. The van der Waals surface area contributed by atoms with Crippen LogP contribution in [0.1, 0.15) is 30.0 Å². The highest BCUT2D eigenvalue weighted by molar-refractivity contribution is 7.99. The second kappa shape index (κ2) is 10.9. The van der Waals surface area contributed by atoms with Gasteiger partial charge in [0.05, 0.1) is 12.9 Å². The molecule has 1 unspecified atom stereocenters. The standard InChI is InChI=1S/C28H28N4O3S/c1-20(35-25-14-12-24(34-2)13-15-25)27-29-30-28(32(27)23-10-4-3-5-11-23)36-19-26(33)31-17-16-21-8-6-7-9-22(21)18-31/h3-15,20H,16-19H2,1-2H3. The molecule has 4 aromatic rings. The molecule has 7 nitrogen and oxygen atoms in total. The molecule has 1 amide bonds. The van der Waals surface area contributed by atoms with Crippen LogP contribution in [0.2, 0.25) is 0 Å². The smallest absolute Gasteiger partial charge is 0.233 e. The minimum atomic E-state index is -0.366. The van der Waals surface area contributed by atoms with Crippen LogP contribution in [0.4, 0.5) is 0 Å². The maximum Gasteiger partial charge on any atom is 0.233 e. The molecule has 0 bridgehead atoms. The monoisotopic (exact) mass is 500 g/mol. The molecule has 1 atom stereocenters. The molecule has 8 heteroatoms. The molecule has 0 saturated heterocycles. The summed E-state index contributed by atoms with van der Waals surface area (Å²) in [5.41, 5.74) is 3.47. The lowest BCUT2D eigenvalue weighted by molar-refractivity contribution is -0.129. The van der Waals surface area contributed by atoms with E-state index in [1.54, 1.807) is 7.11 Å². The van der Waals surface area contributed by atoms with Crippen LogP contribution in [0.25, 0.3) is 5.69 Å². The summed E-state index contributed by atoms with van der Waals surface area (Å²) in [7, 11) is 1.63. The van der Waals surface area contributed by atoms with Crippen LogP contribution in [-0.4, -0.2) is 45.0 Å². The van der Waals surface area contributed by atoms with Crippen LogP contribution in [0.3, 0.4) is 0 Å². The number of thioether (sulfide) groups is 1. The maximum absolute atomic E-state index is 13.1. The number of fused-ring (bicyclic) bond motifs is 1. The fraction of sp³-hybridized carbons (Fsp3) is 0.250. The molecule has 0 N–H and O–H groups in total. The number of carbonyl (C=O) groups is 1. The lowest BCUT2D eigenvalue weighted by Crippen LogP contribution is -2.37. The summed E-state index contributed by atoms with van der Waals surface area (Å²) >= 11 is 1.40. The summed E-state index contributed by atoms with van der Waals surface area (Å²) in [6, 6.07) is 25.7. The van der Waals surface area contributed by atoms with Gasteiger partial charge in [-0.05, 0) is 60.9 Å². The van der Waals surface area contributed by atoms with Crippen molar-refractivity contribution in [2.75, 3.05) is 19.4 Å². The number of hydrogen-bond acceptors (Lipinski definition) is 6. The van der Waals surface area contributed by atoms with E-state index < -0.39 is 0 Å². The minimum absolute atomic E-state index is 0.0983. The molecule has 0 aliphatic carbocycles. The van der Waals surface area contributed by atoms with E-state index in [9.17, 15) is 4.79 Å². The van der Waals surface area contributed by atoms with E-state index in [4.69, 9.17) is 9.47 Å². The summed E-state index contributed by atoms with van der Waals surface area (Å²) in [6.45, 7) is 3.33. The Balaban J connectivity index is 1.33. The van der Waals surface area contributed by atoms with Crippen LogP contribution in [0, 0.1) is 0 Å². The molecule has 1 aromatic heterocycles. The Bertz CT molecular complexity index is 1320. The third kappa shape index (κ3) is 5.23. The second-order valence-corrected chi connectivity index (χ2v) is 9.51. The van der Waals surface area contributed by atoms with Gasteiger partial charge >= 0.3 is 0 Å². The largest absolute Gasteiger partial charge is 0.497 e. The predicted molar refractivity (Wildman–Crippen MR) is 140 cm³/mol. The Kier molecular flexibility index (Phi) is 7.23. The molecule has 184 valence electrons. The van der Waals surface area contributed by atoms with Gasteiger partial charge in [0.25, 0.3) is 0 Å². The van der Waals surface area contributed by atoms with Crippen LogP contribution in [0.15, 0.2) is 84.0 Å². The van der Waals surface area contributed by atoms with Crippen molar-refractivity contribution in [3.63, 3.8) is 0 Å². The Hall–Kier alpha value is -3.78. The number of ether oxygens (including phenoxy) is 2. The van der Waals surface area contributed by atoms with Crippen molar-refractivity contribution in [3.05, 3.63) is 95.8 Å². The van der Waals surface area contributed by atoms with Gasteiger partial charge in [0.2, 0.25) is 5.91 Å². The highest BCUT2D eigenvalue weighted by atomic mass is 32.2. The summed E-state index contributed by atoms with van der Waals surface area (Å²) in [4.78, 5) is 15.0. The lowest BCUT2D eigenvalue weighted by atomic mass is 10.00. The molecule has 36 heavy (non-hydrogen) atoms. The van der Waals surface area contributed by atoms with Gasteiger partial charge in [-0.1, -0.05) is 54.2 Å². The van der Waals surface area contributed by atoms with Crippen molar-refractivity contribution < 1.29 is 14.3 Å². The first-order valence-corrected chi connectivity index (χ1v) is 12.9. The van der Waals surface area contributed by atoms with Crippen molar-refractivity contribution in [2.45, 2.75) is 31.1 Å². The summed E-state index contributed by atoms with van der Waals surface area (Å²) in [5, 5.41) is 9.56. The van der Waals surface area contributed by atoms with Gasteiger partial charge in [0.15, 0.2) is 17.1 Å². The topological polar surface area (TPSA) is 69.5 Å². The van der Waals surface area contributed by atoms with E-state index in [1.165, 1.54) is 22.9 Å². The maximum atomic E-state index is 13.1. The van der Waals surface area contributed by atoms with Gasteiger partial charge in [0.1, 0.15) is 11.5 Å². The Morgan fingerprint density at radius 1 is 0.944 bits per heavy atom. The number of amides is 1. The summed E-state index contributed by atoms with van der Waals surface area (Å²) in [5.74, 6) is 2.53. The van der Waals surface area contributed by atoms with E-state index in [0.717, 1.165) is 24.4 Å². The van der Waals surface area contributed by atoms with Crippen molar-refractivity contribution in [2.24, 2.45) is 0 Å². The van der Waals surface area contributed by atoms with Crippen molar-refractivity contribution in [1.29, 1.82) is 0 Å². The average Bonchev–Trinajstić information content (AvgIpc) is 3.36. The highest BCUT2D eigenvalue weighted by Gasteiger charge is 2.24. The first-order chi connectivity index (χ1) is 17.6. The van der Waals surface area contributed by atoms with Gasteiger partial charge in [-0.25, -0.2) is 0 Å². The normalized spacial score (nSPS) is 13.7. The Labute approximate surface area is 215 Å². The Morgan fingerprint density at radius 2 is 1.64 bits per heavy atom. The van der Waals surface area contributed by atoms with Crippen LogP contribution >= 0.6 is 11.8 Å². The number of nitrogens with zero attached hydrogens (tertiary/aromatic N) is 4.